The summed E-state index contributed by atoms with van der Waals surface area (Å²) in [6.07, 6.45) is 1.95. The summed E-state index contributed by atoms with van der Waals surface area (Å²) in [5, 5.41) is 0. The van der Waals surface area contributed by atoms with Crippen molar-refractivity contribution < 1.29 is 17.0 Å². The summed E-state index contributed by atoms with van der Waals surface area (Å²) >= 11 is 0. The fraction of sp³-hybridized carbons (Fsp3) is 0.333. The lowest BCUT2D eigenvalue weighted by Gasteiger charge is -2.24. The minimum Gasteiger partial charge on any atom is -0.382 e. The first-order valence-corrected chi connectivity index (χ1v) is 9.58. The second-order valence-corrected chi connectivity index (χ2v) is 7.59. The van der Waals surface area contributed by atoms with Crippen LogP contribution >= 0.6 is 0 Å². The maximum atomic E-state index is 13.1. The molecule has 1 fully saturated rings. The van der Waals surface area contributed by atoms with Crippen LogP contribution in [-0.4, -0.2) is 32.2 Å². The summed E-state index contributed by atoms with van der Waals surface area (Å²) in [7, 11) is -3.64. The highest BCUT2D eigenvalue weighted by Gasteiger charge is 2.27. The van der Waals surface area contributed by atoms with E-state index in [0.29, 0.717) is 12.3 Å². The molecule has 0 amide bonds. The lowest BCUT2D eigenvalue weighted by Crippen LogP contribution is -2.30. The predicted molar refractivity (Wildman–Crippen MR) is 90.8 cm³/mol. The van der Waals surface area contributed by atoms with Crippen LogP contribution < -0.4 is 4.18 Å². The zero-order valence-corrected chi connectivity index (χ0v) is 14.1. The lowest BCUT2D eigenvalue weighted by atomic mass is 10.0. The van der Waals surface area contributed by atoms with E-state index in [1.54, 1.807) is 42.5 Å². The SMILES string of the molecule is O=S(=O)(CCN1CCC[C@H]1c1ccc(F)cc1)Oc1ccccc1. The van der Waals surface area contributed by atoms with Crippen LogP contribution in [0.25, 0.3) is 0 Å². The van der Waals surface area contributed by atoms with E-state index in [4.69, 9.17) is 4.18 Å². The Bertz CT molecular complexity index is 763. The van der Waals surface area contributed by atoms with Crippen molar-refractivity contribution in [2.24, 2.45) is 0 Å². The summed E-state index contributed by atoms with van der Waals surface area (Å²) in [4.78, 5) is 2.12. The van der Waals surface area contributed by atoms with E-state index < -0.39 is 10.1 Å². The third kappa shape index (κ3) is 4.33. The van der Waals surface area contributed by atoms with Gasteiger partial charge < -0.3 is 4.18 Å². The molecule has 1 aliphatic rings. The van der Waals surface area contributed by atoms with Gasteiger partial charge in [0, 0.05) is 12.6 Å². The molecule has 128 valence electrons. The molecule has 0 unspecified atom stereocenters. The summed E-state index contributed by atoms with van der Waals surface area (Å²) in [5.74, 6) is -0.00398. The molecule has 2 aromatic rings. The topological polar surface area (TPSA) is 46.6 Å². The number of likely N-dealkylation sites (tertiary alicyclic amines) is 1. The van der Waals surface area contributed by atoms with Crippen molar-refractivity contribution in [3.63, 3.8) is 0 Å². The first kappa shape index (κ1) is 16.9. The van der Waals surface area contributed by atoms with Gasteiger partial charge in [0.1, 0.15) is 11.6 Å². The van der Waals surface area contributed by atoms with E-state index in [-0.39, 0.29) is 17.6 Å². The van der Waals surface area contributed by atoms with Crippen LogP contribution in [0.2, 0.25) is 0 Å². The van der Waals surface area contributed by atoms with Crippen molar-refractivity contribution in [1.82, 2.24) is 4.90 Å². The van der Waals surface area contributed by atoms with E-state index in [9.17, 15) is 12.8 Å². The van der Waals surface area contributed by atoms with Crippen LogP contribution in [0.1, 0.15) is 24.4 Å². The number of halogens is 1. The second-order valence-electron chi connectivity index (χ2n) is 5.90. The van der Waals surface area contributed by atoms with Gasteiger partial charge in [-0.15, -0.1) is 0 Å². The minimum absolute atomic E-state index is 0.0699. The monoisotopic (exact) mass is 349 g/mol. The normalized spacial score (nSPS) is 18.6. The summed E-state index contributed by atoms with van der Waals surface area (Å²) in [5.41, 5.74) is 1.02. The molecule has 0 saturated carbocycles. The molecule has 1 aliphatic heterocycles. The van der Waals surface area contributed by atoms with Gasteiger partial charge in [-0.1, -0.05) is 30.3 Å². The largest absolute Gasteiger partial charge is 0.382 e. The van der Waals surface area contributed by atoms with Crippen LogP contribution in [0.3, 0.4) is 0 Å². The fourth-order valence-corrected chi connectivity index (χ4v) is 4.00. The van der Waals surface area contributed by atoms with Crippen molar-refractivity contribution in [1.29, 1.82) is 0 Å². The first-order chi connectivity index (χ1) is 11.5. The molecule has 0 bridgehead atoms. The Morgan fingerprint density at radius 1 is 1.08 bits per heavy atom. The fourth-order valence-electron chi connectivity index (χ4n) is 3.05. The Morgan fingerprint density at radius 2 is 1.79 bits per heavy atom. The van der Waals surface area contributed by atoms with Gasteiger partial charge in [-0.25, -0.2) is 4.39 Å². The molecule has 3 rings (SSSR count). The number of nitrogens with zero attached hydrogens (tertiary/aromatic N) is 1. The molecule has 0 spiro atoms. The molecule has 0 aliphatic carbocycles. The zero-order chi connectivity index (χ0) is 17.0. The highest BCUT2D eigenvalue weighted by molar-refractivity contribution is 7.87. The molecule has 1 saturated heterocycles. The van der Waals surface area contributed by atoms with Gasteiger partial charge in [-0.2, -0.15) is 8.42 Å². The minimum atomic E-state index is -3.64. The molecular formula is C18H20FNO3S. The number of benzene rings is 2. The first-order valence-electron chi connectivity index (χ1n) is 8.00. The van der Waals surface area contributed by atoms with E-state index in [0.717, 1.165) is 24.9 Å². The Labute approximate surface area is 142 Å². The standard InChI is InChI=1S/C18H20FNO3S/c19-16-10-8-15(9-11-16)18-7-4-12-20(18)13-14-24(21,22)23-17-5-2-1-3-6-17/h1-3,5-6,8-11,18H,4,7,12-14H2/t18-/m0/s1. The van der Waals surface area contributed by atoms with Crippen molar-refractivity contribution in [3.05, 3.63) is 66.0 Å². The van der Waals surface area contributed by atoms with Gasteiger partial charge in [-0.3, -0.25) is 4.90 Å². The van der Waals surface area contributed by atoms with Gasteiger partial charge in [0.25, 0.3) is 0 Å². The summed E-state index contributed by atoms with van der Waals surface area (Å²) < 4.78 is 42.5. The highest BCUT2D eigenvalue weighted by Crippen LogP contribution is 2.31. The van der Waals surface area contributed by atoms with Gasteiger partial charge >= 0.3 is 10.1 Å². The molecule has 0 N–H and O–H groups in total. The third-order valence-corrected chi connectivity index (χ3v) is 5.34. The van der Waals surface area contributed by atoms with Crippen LogP contribution in [-0.2, 0) is 10.1 Å². The van der Waals surface area contributed by atoms with Crippen LogP contribution in [0.15, 0.2) is 54.6 Å². The maximum absolute atomic E-state index is 13.1. The van der Waals surface area contributed by atoms with Crippen LogP contribution in [0.5, 0.6) is 5.75 Å². The third-order valence-electron chi connectivity index (χ3n) is 4.21. The van der Waals surface area contributed by atoms with E-state index in [1.165, 1.54) is 12.1 Å². The predicted octanol–water partition coefficient (Wildman–Crippen LogP) is 3.37. The molecule has 24 heavy (non-hydrogen) atoms. The Morgan fingerprint density at radius 3 is 2.50 bits per heavy atom. The number of hydrogen-bond acceptors (Lipinski definition) is 4. The molecular weight excluding hydrogens is 329 g/mol. The molecule has 6 heteroatoms. The van der Waals surface area contributed by atoms with Gasteiger partial charge in [0.15, 0.2) is 0 Å². The molecule has 4 nitrogen and oxygen atoms in total. The quantitative estimate of drug-likeness (QED) is 0.750. The van der Waals surface area contributed by atoms with E-state index in [2.05, 4.69) is 4.90 Å². The Kier molecular flexibility index (Phi) is 5.16. The van der Waals surface area contributed by atoms with Crippen LogP contribution in [0.4, 0.5) is 4.39 Å². The van der Waals surface area contributed by atoms with E-state index in [1.807, 2.05) is 0 Å². The van der Waals surface area contributed by atoms with Gasteiger partial charge in [0.05, 0.1) is 5.75 Å². The second kappa shape index (κ2) is 7.32. The summed E-state index contributed by atoms with van der Waals surface area (Å²) in [6, 6.07) is 15.1. The number of rotatable bonds is 6. The van der Waals surface area contributed by atoms with Crippen molar-refractivity contribution in [2.45, 2.75) is 18.9 Å². The molecule has 1 atom stereocenters. The van der Waals surface area contributed by atoms with E-state index >= 15 is 0 Å². The Hall–Kier alpha value is -1.92. The number of para-hydroxylation sites is 1. The Balaban J connectivity index is 1.61. The zero-order valence-electron chi connectivity index (χ0n) is 13.3. The average molecular weight is 349 g/mol. The van der Waals surface area contributed by atoms with Gasteiger partial charge in [-0.05, 0) is 49.2 Å². The van der Waals surface area contributed by atoms with Crippen LogP contribution in [0, 0.1) is 5.82 Å². The molecule has 1 heterocycles. The lowest BCUT2D eigenvalue weighted by molar-refractivity contribution is 0.270. The van der Waals surface area contributed by atoms with Gasteiger partial charge in [0.2, 0.25) is 0 Å². The summed E-state index contributed by atoms with van der Waals surface area (Å²) in [6.45, 7) is 1.24. The highest BCUT2D eigenvalue weighted by atomic mass is 32.2. The number of hydrogen-bond donors (Lipinski definition) is 0. The average Bonchev–Trinajstić information content (AvgIpc) is 3.03. The molecule has 0 radical (unpaired) electrons. The van der Waals surface area contributed by atoms with Crippen molar-refractivity contribution >= 4 is 10.1 Å². The molecule has 2 aromatic carbocycles. The maximum Gasteiger partial charge on any atom is 0.310 e. The van der Waals surface area contributed by atoms with Crippen molar-refractivity contribution in [2.75, 3.05) is 18.8 Å². The molecule has 0 aromatic heterocycles. The smallest absolute Gasteiger partial charge is 0.310 e. The van der Waals surface area contributed by atoms with Crippen molar-refractivity contribution in [3.8, 4) is 5.75 Å².